The number of phenolic OH excluding ortho intramolecular Hbond substituents is 1. The SMILES string of the molecule is CCOC(=O)C(O)c1cccc(Cl)c1O. The van der Waals surface area contributed by atoms with Gasteiger partial charge in [-0.05, 0) is 13.0 Å². The van der Waals surface area contributed by atoms with Gasteiger partial charge in [0.05, 0.1) is 11.6 Å². The Balaban J connectivity index is 2.96. The number of carbonyl (C=O) groups is 1. The predicted octanol–water partition coefficient (Wildman–Crippen LogP) is 1.64. The van der Waals surface area contributed by atoms with Crippen LogP contribution in [0, 0.1) is 0 Å². The number of aliphatic hydroxyl groups is 1. The van der Waals surface area contributed by atoms with Crippen molar-refractivity contribution in [2.75, 3.05) is 6.61 Å². The van der Waals surface area contributed by atoms with Gasteiger partial charge in [-0.1, -0.05) is 23.7 Å². The number of para-hydroxylation sites is 1. The highest BCUT2D eigenvalue weighted by molar-refractivity contribution is 6.32. The molecule has 0 bridgehead atoms. The minimum Gasteiger partial charge on any atom is -0.506 e. The van der Waals surface area contributed by atoms with E-state index < -0.39 is 12.1 Å². The van der Waals surface area contributed by atoms with E-state index in [0.717, 1.165) is 0 Å². The number of phenols is 1. The Bertz CT molecular complexity index is 364. The quantitative estimate of drug-likeness (QED) is 0.775. The molecular weight excluding hydrogens is 220 g/mol. The Morgan fingerprint density at radius 2 is 2.27 bits per heavy atom. The molecular formula is C10H11ClO4. The molecule has 82 valence electrons. The third-order valence-corrected chi connectivity index (χ3v) is 2.13. The van der Waals surface area contributed by atoms with E-state index in [9.17, 15) is 15.0 Å². The summed E-state index contributed by atoms with van der Waals surface area (Å²) in [6.45, 7) is 1.79. The van der Waals surface area contributed by atoms with Crippen LogP contribution in [0.4, 0.5) is 0 Å². The van der Waals surface area contributed by atoms with Crippen LogP contribution in [0.5, 0.6) is 5.75 Å². The molecule has 0 aliphatic carbocycles. The van der Waals surface area contributed by atoms with Crippen molar-refractivity contribution in [3.8, 4) is 5.75 Å². The number of aromatic hydroxyl groups is 1. The molecule has 0 aliphatic heterocycles. The van der Waals surface area contributed by atoms with Gasteiger partial charge in [0.15, 0.2) is 6.10 Å². The topological polar surface area (TPSA) is 66.8 Å². The summed E-state index contributed by atoms with van der Waals surface area (Å²) >= 11 is 5.63. The molecule has 2 N–H and O–H groups in total. The largest absolute Gasteiger partial charge is 0.506 e. The van der Waals surface area contributed by atoms with Crippen LogP contribution in [0.3, 0.4) is 0 Å². The first-order chi connectivity index (χ1) is 7.07. The summed E-state index contributed by atoms with van der Waals surface area (Å²) in [6.07, 6.45) is -1.51. The number of benzene rings is 1. The molecule has 0 aromatic heterocycles. The Hall–Kier alpha value is -1.26. The van der Waals surface area contributed by atoms with Crippen LogP contribution >= 0.6 is 11.6 Å². The van der Waals surface area contributed by atoms with Crippen LogP contribution in [0.15, 0.2) is 18.2 Å². The maximum absolute atomic E-state index is 11.2. The second-order valence-electron chi connectivity index (χ2n) is 2.83. The highest BCUT2D eigenvalue weighted by atomic mass is 35.5. The third kappa shape index (κ3) is 2.61. The summed E-state index contributed by atoms with van der Waals surface area (Å²) < 4.78 is 4.61. The van der Waals surface area contributed by atoms with Crippen LogP contribution in [0.25, 0.3) is 0 Å². The molecule has 15 heavy (non-hydrogen) atoms. The lowest BCUT2D eigenvalue weighted by molar-refractivity contribution is -0.153. The molecule has 1 unspecified atom stereocenters. The van der Waals surface area contributed by atoms with Gasteiger partial charge < -0.3 is 14.9 Å². The van der Waals surface area contributed by atoms with Crippen LogP contribution < -0.4 is 0 Å². The molecule has 0 aliphatic rings. The van der Waals surface area contributed by atoms with Crippen molar-refractivity contribution in [3.63, 3.8) is 0 Å². The summed E-state index contributed by atoms with van der Waals surface area (Å²) in [7, 11) is 0. The van der Waals surface area contributed by atoms with Crippen molar-refractivity contribution in [1.29, 1.82) is 0 Å². The van der Waals surface area contributed by atoms with E-state index in [-0.39, 0.29) is 22.9 Å². The lowest BCUT2D eigenvalue weighted by Gasteiger charge is -2.11. The Kier molecular flexibility index (Phi) is 3.94. The number of rotatable bonds is 3. The first-order valence-corrected chi connectivity index (χ1v) is 4.77. The van der Waals surface area contributed by atoms with Gasteiger partial charge in [-0.25, -0.2) is 4.79 Å². The van der Waals surface area contributed by atoms with E-state index in [0.29, 0.717) is 0 Å². The predicted molar refractivity (Wildman–Crippen MR) is 54.7 cm³/mol. The first-order valence-electron chi connectivity index (χ1n) is 4.40. The molecule has 0 fully saturated rings. The third-order valence-electron chi connectivity index (χ3n) is 1.82. The second-order valence-corrected chi connectivity index (χ2v) is 3.24. The van der Waals surface area contributed by atoms with Gasteiger partial charge in [-0.3, -0.25) is 0 Å². The smallest absolute Gasteiger partial charge is 0.339 e. The highest BCUT2D eigenvalue weighted by Gasteiger charge is 2.22. The van der Waals surface area contributed by atoms with Gasteiger partial charge in [-0.2, -0.15) is 0 Å². The molecule has 0 amide bonds. The molecule has 0 spiro atoms. The van der Waals surface area contributed by atoms with Crippen molar-refractivity contribution < 1.29 is 19.7 Å². The van der Waals surface area contributed by atoms with Crippen molar-refractivity contribution in [2.45, 2.75) is 13.0 Å². The summed E-state index contributed by atoms with van der Waals surface area (Å²) in [5, 5.41) is 19.1. The van der Waals surface area contributed by atoms with Crippen molar-refractivity contribution in [3.05, 3.63) is 28.8 Å². The number of hydrogen-bond acceptors (Lipinski definition) is 4. The second kappa shape index (κ2) is 5.00. The van der Waals surface area contributed by atoms with E-state index in [2.05, 4.69) is 4.74 Å². The minimum atomic E-state index is -1.51. The fourth-order valence-corrected chi connectivity index (χ4v) is 1.28. The van der Waals surface area contributed by atoms with Gasteiger partial charge in [0.1, 0.15) is 5.75 Å². The van der Waals surface area contributed by atoms with E-state index >= 15 is 0 Å². The fourth-order valence-electron chi connectivity index (χ4n) is 1.10. The van der Waals surface area contributed by atoms with E-state index in [1.165, 1.54) is 18.2 Å². The lowest BCUT2D eigenvalue weighted by atomic mass is 10.1. The Morgan fingerprint density at radius 1 is 1.60 bits per heavy atom. The number of carbonyl (C=O) groups excluding carboxylic acids is 1. The van der Waals surface area contributed by atoms with E-state index in [1.54, 1.807) is 6.92 Å². The van der Waals surface area contributed by atoms with E-state index in [4.69, 9.17) is 11.6 Å². The number of aliphatic hydroxyl groups excluding tert-OH is 1. The van der Waals surface area contributed by atoms with Gasteiger partial charge in [-0.15, -0.1) is 0 Å². The fraction of sp³-hybridized carbons (Fsp3) is 0.300. The summed E-state index contributed by atoms with van der Waals surface area (Å²) in [5.41, 5.74) is 0.0425. The summed E-state index contributed by atoms with van der Waals surface area (Å²) in [6, 6.07) is 4.39. The van der Waals surface area contributed by atoms with Gasteiger partial charge >= 0.3 is 5.97 Å². The Morgan fingerprint density at radius 3 is 2.87 bits per heavy atom. The zero-order chi connectivity index (χ0) is 11.4. The van der Waals surface area contributed by atoms with Crippen LogP contribution in [-0.2, 0) is 9.53 Å². The molecule has 0 saturated heterocycles. The maximum Gasteiger partial charge on any atom is 0.339 e. The average molecular weight is 231 g/mol. The monoisotopic (exact) mass is 230 g/mol. The van der Waals surface area contributed by atoms with Crippen LogP contribution in [0.1, 0.15) is 18.6 Å². The number of halogens is 1. The average Bonchev–Trinajstić information content (AvgIpc) is 2.21. The lowest BCUT2D eigenvalue weighted by Crippen LogP contribution is -2.15. The van der Waals surface area contributed by atoms with Crippen molar-refractivity contribution >= 4 is 17.6 Å². The first kappa shape index (κ1) is 11.8. The zero-order valence-corrected chi connectivity index (χ0v) is 8.86. The van der Waals surface area contributed by atoms with Crippen LogP contribution in [0.2, 0.25) is 5.02 Å². The van der Waals surface area contributed by atoms with Gasteiger partial charge in [0, 0.05) is 5.56 Å². The van der Waals surface area contributed by atoms with E-state index in [1.807, 2.05) is 0 Å². The number of esters is 1. The van der Waals surface area contributed by atoms with Gasteiger partial charge in [0.25, 0.3) is 0 Å². The molecule has 0 heterocycles. The molecule has 1 aromatic rings. The van der Waals surface area contributed by atoms with Crippen molar-refractivity contribution in [2.24, 2.45) is 0 Å². The normalized spacial score (nSPS) is 12.2. The molecule has 5 heteroatoms. The standard InChI is InChI=1S/C10H11ClO4/c1-2-15-10(14)9(13)6-4-3-5-7(11)8(6)12/h3-5,9,12-13H,2H2,1H3. The maximum atomic E-state index is 11.2. The van der Waals surface area contributed by atoms with Crippen molar-refractivity contribution in [1.82, 2.24) is 0 Å². The van der Waals surface area contributed by atoms with Crippen LogP contribution in [-0.4, -0.2) is 22.8 Å². The number of hydrogen-bond donors (Lipinski definition) is 2. The highest BCUT2D eigenvalue weighted by Crippen LogP contribution is 2.31. The summed E-state index contributed by atoms with van der Waals surface area (Å²) in [5.74, 6) is -1.12. The summed E-state index contributed by atoms with van der Waals surface area (Å²) in [4.78, 5) is 11.2. The minimum absolute atomic E-state index is 0.0425. The molecule has 1 aromatic carbocycles. The molecule has 0 saturated carbocycles. The van der Waals surface area contributed by atoms with Gasteiger partial charge in [0.2, 0.25) is 0 Å². The zero-order valence-electron chi connectivity index (χ0n) is 8.11. The molecule has 4 nitrogen and oxygen atoms in total. The number of ether oxygens (including phenoxy) is 1. The Labute approximate surface area is 92.1 Å². The molecule has 0 radical (unpaired) electrons. The molecule has 1 rings (SSSR count). The molecule has 1 atom stereocenters.